The first-order valence-electron chi connectivity index (χ1n) is 5.88. The number of rotatable bonds is 2. The summed E-state index contributed by atoms with van der Waals surface area (Å²) >= 11 is 5.92. The van der Waals surface area contributed by atoms with Crippen LogP contribution in [0.5, 0.6) is 0 Å². The van der Waals surface area contributed by atoms with E-state index in [2.05, 4.69) is 10.3 Å². The Balaban J connectivity index is 2.34. The lowest BCUT2D eigenvalue weighted by atomic mass is 10.1. The van der Waals surface area contributed by atoms with E-state index in [1.165, 1.54) is 12.3 Å². The number of halogens is 2. The van der Waals surface area contributed by atoms with Crippen LogP contribution in [0.3, 0.4) is 0 Å². The van der Waals surface area contributed by atoms with Crippen molar-refractivity contribution in [2.45, 2.75) is 13.8 Å². The van der Waals surface area contributed by atoms with Gasteiger partial charge in [0.05, 0.1) is 5.69 Å². The Morgan fingerprint density at radius 2 is 2.10 bits per heavy atom. The van der Waals surface area contributed by atoms with Crippen LogP contribution in [0.1, 0.15) is 21.5 Å². The lowest BCUT2D eigenvalue weighted by molar-refractivity contribution is 0.102. The van der Waals surface area contributed by atoms with E-state index in [1.54, 1.807) is 19.9 Å². The molecule has 0 aliphatic carbocycles. The quantitative estimate of drug-likeness (QED) is 0.659. The number of hydrogen-bond donors (Lipinski definition) is 2. The summed E-state index contributed by atoms with van der Waals surface area (Å²) < 4.78 is 13.6. The minimum absolute atomic E-state index is 0.130. The highest BCUT2D eigenvalue weighted by molar-refractivity contribution is 6.32. The Morgan fingerprint density at radius 3 is 2.70 bits per heavy atom. The number of hydrogen-bond acceptors (Lipinski definition) is 3. The molecule has 0 radical (unpaired) electrons. The summed E-state index contributed by atoms with van der Waals surface area (Å²) in [6.45, 7) is 3.34. The summed E-state index contributed by atoms with van der Waals surface area (Å²) in [6, 6.07) is 4.28. The Hall–Kier alpha value is -2.14. The lowest BCUT2D eigenvalue weighted by Crippen LogP contribution is -2.14. The number of nitrogen functional groups attached to an aromatic ring is 1. The molecule has 0 aliphatic heterocycles. The van der Waals surface area contributed by atoms with Crippen LogP contribution in [0.25, 0.3) is 0 Å². The first kappa shape index (κ1) is 14.3. The van der Waals surface area contributed by atoms with Crippen molar-refractivity contribution in [2.75, 3.05) is 11.1 Å². The molecule has 1 heterocycles. The topological polar surface area (TPSA) is 68.0 Å². The third kappa shape index (κ3) is 2.72. The molecule has 104 valence electrons. The van der Waals surface area contributed by atoms with Gasteiger partial charge in [0, 0.05) is 23.0 Å². The molecule has 2 rings (SSSR count). The number of aromatic nitrogens is 1. The Morgan fingerprint density at radius 1 is 1.40 bits per heavy atom. The van der Waals surface area contributed by atoms with Gasteiger partial charge < -0.3 is 11.1 Å². The minimum atomic E-state index is -0.524. The first-order valence-corrected chi connectivity index (χ1v) is 6.26. The predicted molar refractivity (Wildman–Crippen MR) is 77.5 cm³/mol. The summed E-state index contributed by atoms with van der Waals surface area (Å²) in [5.74, 6) is -1.02. The maximum Gasteiger partial charge on any atom is 0.255 e. The van der Waals surface area contributed by atoms with Gasteiger partial charge in [-0.05, 0) is 37.6 Å². The highest BCUT2D eigenvalue weighted by Crippen LogP contribution is 2.24. The van der Waals surface area contributed by atoms with Gasteiger partial charge in [-0.1, -0.05) is 11.6 Å². The zero-order valence-electron chi connectivity index (χ0n) is 11.0. The van der Waals surface area contributed by atoms with Crippen LogP contribution < -0.4 is 11.1 Å². The van der Waals surface area contributed by atoms with Crippen LogP contribution in [-0.4, -0.2) is 10.9 Å². The third-order valence-electron chi connectivity index (χ3n) is 3.00. The molecule has 20 heavy (non-hydrogen) atoms. The molecule has 1 aromatic heterocycles. The molecule has 6 heteroatoms. The Bertz CT molecular complexity index is 645. The fourth-order valence-corrected chi connectivity index (χ4v) is 1.94. The maximum atomic E-state index is 13.6. The molecular weight excluding hydrogens is 281 g/mol. The average Bonchev–Trinajstić information content (AvgIpc) is 2.39. The number of anilines is 2. The van der Waals surface area contributed by atoms with E-state index in [9.17, 15) is 9.18 Å². The normalized spacial score (nSPS) is 10.4. The van der Waals surface area contributed by atoms with Crippen molar-refractivity contribution in [3.05, 3.63) is 52.1 Å². The standard InChI is InChI=1S/C14H13ClFN3O/c1-7-3-4-18-13(15)12(7)19-14(20)9-5-10(16)8(2)11(17)6-9/h3-6H,17H2,1-2H3,(H,19,20). The molecule has 1 amide bonds. The molecule has 4 nitrogen and oxygen atoms in total. The molecule has 0 saturated heterocycles. The maximum absolute atomic E-state index is 13.6. The molecule has 3 N–H and O–H groups in total. The van der Waals surface area contributed by atoms with Gasteiger partial charge in [0.15, 0.2) is 5.15 Å². The van der Waals surface area contributed by atoms with Gasteiger partial charge in [-0.3, -0.25) is 4.79 Å². The summed E-state index contributed by atoms with van der Waals surface area (Å²) in [7, 11) is 0. The number of nitrogens with one attached hydrogen (secondary N) is 1. The van der Waals surface area contributed by atoms with Crippen molar-refractivity contribution in [2.24, 2.45) is 0 Å². The van der Waals surface area contributed by atoms with Gasteiger partial charge in [0.1, 0.15) is 5.82 Å². The van der Waals surface area contributed by atoms with E-state index in [4.69, 9.17) is 17.3 Å². The number of carbonyl (C=O) groups excluding carboxylic acids is 1. The van der Waals surface area contributed by atoms with E-state index in [0.717, 1.165) is 11.6 Å². The molecule has 0 spiro atoms. The van der Waals surface area contributed by atoms with Crippen LogP contribution in [0.15, 0.2) is 24.4 Å². The van der Waals surface area contributed by atoms with Crippen molar-refractivity contribution < 1.29 is 9.18 Å². The van der Waals surface area contributed by atoms with Crippen LogP contribution in [0.4, 0.5) is 15.8 Å². The molecule has 0 fully saturated rings. The first-order chi connectivity index (χ1) is 9.40. The molecule has 0 bridgehead atoms. The van der Waals surface area contributed by atoms with E-state index in [1.807, 2.05) is 0 Å². The highest BCUT2D eigenvalue weighted by atomic mass is 35.5. The largest absolute Gasteiger partial charge is 0.398 e. The van der Waals surface area contributed by atoms with E-state index >= 15 is 0 Å². The van der Waals surface area contributed by atoms with Crippen LogP contribution in [-0.2, 0) is 0 Å². The summed E-state index contributed by atoms with van der Waals surface area (Å²) in [5, 5.41) is 2.79. The monoisotopic (exact) mass is 293 g/mol. The van der Waals surface area contributed by atoms with Crippen LogP contribution in [0, 0.1) is 19.7 Å². The number of nitrogens with two attached hydrogens (primary N) is 1. The second-order valence-corrected chi connectivity index (χ2v) is 4.78. The minimum Gasteiger partial charge on any atom is -0.398 e. The number of aryl methyl sites for hydroxylation is 1. The molecule has 0 unspecified atom stereocenters. The highest BCUT2D eigenvalue weighted by Gasteiger charge is 2.14. The zero-order chi connectivity index (χ0) is 14.9. The second-order valence-electron chi connectivity index (χ2n) is 4.42. The van der Waals surface area contributed by atoms with Crippen molar-refractivity contribution >= 4 is 28.9 Å². The fourth-order valence-electron chi connectivity index (χ4n) is 1.69. The predicted octanol–water partition coefficient (Wildman–Crippen LogP) is 3.33. The lowest BCUT2D eigenvalue weighted by Gasteiger charge is -2.11. The Labute approximate surface area is 120 Å². The van der Waals surface area contributed by atoms with E-state index < -0.39 is 11.7 Å². The third-order valence-corrected chi connectivity index (χ3v) is 3.28. The van der Waals surface area contributed by atoms with Gasteiger partial charge in [-0.2, -0.15) is 0 Å². The zero-order valence-corrected chi connectivity index (χ0v) is 11.8. The summed E-state index contributed by atoms with van der Waals surface area (Å²) in [6.07, 6.45) is 1.54. The second kappa shape index (κ2) is 5.46. The number of amides is 1. The van der Waals surface area contributed by atoms with Crippen molar-refractivity contribution in [1.29, 1.82) is 0 Å². The van der Waals surface area contributed by atoms with E-state index in [-0.39, 0.29) is 16.4 Å². The number of carbonyl (C=O) groups is 1. The van der Waals surface area contributed by atoms with Crippen molar-refractivity contribution in [3.8, 4) is 0 Å². The van der Waals surface area contributed by atoms with Gasteiger partial charge in [0.25, 0.3) is 5.91 Å². The summed E-state index contributed by atoms with van der Waals surface area (Å²) in [5.41, 5.74) is 7.49. The van der Waals surface area contributed by atoms with Crippen LogP contribution >= 0.6 is 11.6 Å². The van der Waals surface area contributed by atoms with Gasteiger partial charge >= 0.3 is 0 Å². The number of pyridine rings is 1. The summed E-state index contributed by atoms with van der Waals surface area (Å²) in [4.78, 5) is 16.0. The van der Waals surface area contributed by atoms with Gasteiger partial charge in [-0.25, -0.2) is 9.37 Å². The average molecular weight is 294 g/mol. The van der Waals surface area contributed by atoms with Gasteiger partial charge in [-0.15, -0.1) is 0 Å². The molecule has 1 aromatic carbocycles. The van der Waals surface area contributed by atoms with Crippen molar-refractivity contribution in [3.63, 3.8) is 0 Å². The number of nitrogens with zero attached hydrogens (tertiary/aromatic N) is 1. The number of benzene rings is 1. The molecule has 0 saturated carbocycles. The van der Waals surface area contributed by atoms with Crippen molar-refractivity contribution in [1.82, 2.24) is 4.98 Å². The van der Waals surface area contributed by atoms with Gasteiger partial charge in [0.2, 0.25) is 0 Å². The smallest absolute Gasteiger partial charge is 0.255 e. The fraction of sp³-hybridized carbons (Fsp3) is 0.143. The molecule has 0 atom stereocenters. The molecule has 2 aromatic rings. The molecular formula is C14H13ClFN3O. The Kier molecular flexibility index (Phi) is 3.90. The SMILES string of the molecule is Cc1ccnc(Cl)c1NC(=O)c1cc(N)c(C)c(F)c1. The molecule has 0 aliphatic rings. The van der Waals surface area contributed by atoms with E-state index in [0.29, 0.717) is 11.3 Å². The van der Waals surface area contributed by atoms with Crippen LogP contribution in [0.2, 0.25) is 5.15 Å².